The zero-order valence-corrected chi connectivity index (χ0v) is 11.6. The zero-order chi connectivity index (χ0) is 14.4. The van der Waals surface area contributed by atoms with E-state index in [2.05, 4.69) is 17.4 Å². The normalized spacial score (nSPS) is 16.4. The van der Waals surface area contributed by atoms with Gasteiger partial charge in [-0.1, -0.05) is 12.1 Å². The molecule has 3 nitrogen and oxygen atoms in total. The van der Waals surface area contributed by atoms with Gasteiger partial charge in [0.2, 0.25) is 0 Å². The number of halogens is 2. The van der Waals surface area contributed by atoms with Gasteiger partial charge in [-0.15, -0.1) is 0 Å². The summed E-state index contributed by atoms with van der Waals surface area (Å²) in [6.45, 7) is 0.405. The molecule has 0 aliphatic heterocycles. The molecular formula is C15H21F2NO2. The van der Waals surface area contributed by atoms with Crippen LogP contribution in [0.3, 0.4) is 0 Å². The van der Waals surface area contributed by atoms with Gasteiger partial charge in [-0.3, -0.25) is 0 Å². The largest absolute Gasteiger partial charge is 0.497 e. The second-order valence-corrected chi connectivity index (χ2v) is 5.01. The Hall–Kier alpha value is -1.20. The van der Waals surface area contributed by atoms with Crippen molar-refractivity contribution in [3.8, 4) is 5.75 Å². The maximum atomic E-state index is 11.9. The average molecular weight is 285 g/mol. The summed E-state index contributed by atoms with van der Waals surface area (Å²) in [7, 11) is 1.64. The molecule has 0 spiro atoms. The standard InChI is InChI=1S/C15H21F2NO2/c1-19-13-6-4-12(5-7-13)15(11-2-3-11)18-8-9-20-10-14(16)17/h4-7,11,14-15,18H,2-3,8-10H2,1H3. The molecule has 1 aliphatic rings. The van der Waals surface area contributed by atoms with Gasteiger partial charge in [-0.05, 0) is 36.5 Å². The molecule has 1 N–H and O–H groups in total. The van der Waals surface area contributed by atoms with Gasteiger partial charge in [0, 0.05) is 12.6 Å². The average Bonchev–Trinajstić information content (AvgIpc) is 3.27. The molecule has 20 heavy (non-hydrogen) atoms. The van der Waals surface area contributed by atoms with Crippen LogP contribution in [0.5, 0.6) is 5.75 Å². The van der Waals surface area contributed by atoms with Crippen LogP contribution in [0, 0.1) is 5.92 Å². The van der Waals surface area contributed by atoms with Gasteiger partial charge in [0.05, 0.1) is 13.7 Å². The predicted molar refractivity (Wildman–Crippen MR) is 73.3 cm³/mol. The minimum Gasteiger partial charge on any atom is -0.497 e. The van der Waals surface area contributed by atoms with Crippen molar-refractivity contribution in [1.29, 1.82) is 0 Å². The highest BCUT2D eigenvalue weighted by Crippen LogP contribution is 2.41. The van der Waals surface area contributed by atoms with Crippen LogP contribution in [0.4, 0.5) is 8.78 Å². The first-order valence-electron chi connectivity index (χ1n) is 6.94. The Balaban J connectivity index is 1.81. The molecule has 1 aromatic carbocycles. The minimum atomic E-state index is -2.39. The van der Waals surface area contributed by atoms with Gasteiger partial charge in [-0.2, -0.15) is 0 Å². The van der Waals surface area contributed by atoms with E-state index < -0.39 is 13.0 Å². The summed E-state index contributed by atoms with van der Waals surface area (Å²) < 4.78 is 33.9. The number of benzene rings is 1. The Bertz CT molecular complexity index is 393. The van der Waals surface area contributed by atoms with Gasteiger partial charge in [0.15, 0.2) is 0 Å². The lowest BCUT2D eigenvalue weighted by Crippen LogP contribution is -2.27. The summed E-state index contributed by atoms with van der Waals surface area (Å²) in [6.07, 6.45) is 0.0271. The highest BCUT2D eigenvalue weighted by atomic mass is 19.3. The van der Waals surface area contributed by atoms with Gasteiger partial charge in [0.1, 0.15) is 12.4 Å². The Kier molecular flexibility index (Phi) is 5.73. The minimum absolute atomic E-state index is 0.274. The van der Waals surface area contributed by atoms with E-state index in [9.17, 15) is 8.78 Å². The molecule has 1 unspecified atom stereocenters. The summed E-state index contributed by atoms with van der Waals surface area (Å²) in [5, 5.41) is 3.40. The van der Waals surface area contributed by atoms with Gasteiger partial charge in [0.25, 0.3) is 6.43 Å². The van der Waals surface area contributed by atoms with Crippen molar-refractivity contribution in [1.82, 2.24) is 5.32 Å². The second-order valence-electron chi connectivity index (χ2n) is 5.01. The number of methoxy groups -OCH3 is 1. The van der Waals surface area contributed by atoms with Crippen LogP contribution in [0.1, 0.15) is 24.4 Å². The number of nitrogens with one attached hydrogen (secondary N) is 1. The number of hydrogen-bond donors (Lipinski definition) is 1. The molecule has 0 bridgehead atoms. The number of rotatable bonds is 9. The van der Waals surface area contributed by atoms with E-state index in [0.29, 0.717) is 19.1 Å². The molecule has 5 heteroatoms. The van der Waals surface area contributed by atoms with Crippen LogP contribution >= 0.6 is 0 Å². The van der Waals surface area contributed by atoms with Crippen molar-refractivity contribution in [2.75, 3.05) is 26.9 Å². The van der Waals surface area contributed by atoms with Gasteiger partial charge in [-0.25, -0.2) is 8.78 Å². The number of hydrogen-bond acceptors (Lipinski definition) is 3. The highest BCUT2D eigenvalue weighted by molar-refractivity contribution is 5.30. The Morgan fingerprint density at radius 2 is 1.95 bits per heavy atom. The van der Waals surface area contributed by atoms with Crippen LogP contribution in [-0.4, -0.2) is 33.3 Å². The first-order valence-corrected chi connectivity index (χ1v) is 6.94. The maximum absolute atomic E-state index is 11.9. The highest BCUT2D eigenvalue weighted by Gasteiger charge is 2.31. The summed E-state index contributed by atoms with van der Waals surface area (Å²) in [5.74, 6) is 1.47. The molecule has 2 rings (SSSR count). The molecular weight excluding hydrogens is 264 g/mol. The van der Waals surface area contributed by atoms with Crippen molar-refractivity contribution in [2.24, 2.45) is 5.92 Å². The molecule has 0 radical (unpaired) electrons. The van der Waals surface area contributed by atoms with Crippen LogP contribution < -0.4 is 10.1 Å². The lowest BCUT2D eigenvalue weighted by molar-refractivity contribution is 0.0180. The van der Waals surface area contributed by atoms with Crippen molar-refractivity contribution < 1.29 is 18.3 Å². The molecule has 0 aromatic heterocycles. The molecule has 112 valence electrons. The molecule has 1 atom stereocenters. The Morgan fingerprint density at radius 1 is 1.25 bits per heavy atom. The van der Waals surface area contributed by atoms with Crippen LogP contribution in [0.2, 0.25) is 0 Å². The molecule has 0 saturated heterocycles. The molecule has 1 saturated carbocycles. The third-order valence-electron chi connectivity index (χ3n) is 3.42. The first-order chi connectivity index (χ1) is 9.70. The van der Waals surface area contributed by atoms with Crippen molar-refractivity contribution in [3.05, 3.63) is 29.8 Å². The first kappa shape index (κ1) is 15.2. The summed E-state index contributed by atoms with van der Waals surface area (Å²) in [4.78, 5) is 0. The van der Waals surface area contributed by atoms with Crippen LogP contribution in [0.25, 0.3) is 0 Å². The number of alkyl halides is 2. The summed E-state index contributed by atoms with van der Waals surface area (Å²) >= 11 is 0. The fourth-order valence-corrected chi connectivity index (χ4v) is 2.26. The third-order valence-corrected chi connectivity index (χ3v) is 3.42. The lowest BCUT2D eigenvalue weighted by Gasteiger charge is -2.19. The van der Waals surface area contributed by atoms with Crippen molar-refractivity contribution >= 4 is 0 Å². The van der Waals surface area contributed by atoms with Crippen molar-refractivity contribution in [3.63, 3.8) is 0 Å². The van der Waals surface area contributed by atoms with E-state index in [1.54, 1.807) is 7.11 Å². The Labute approximate surface area is 118 Å². The predicted octanol–water partition coefficient (Wildman–Crippen LogP) is 3.02. The van der Waals surface area contributed by atoms with E-state index in [0.717, 1.165) is 5.75 Å². The summed E-state index contributed by atoms with van der Waals surface area (Å²) in [6, 6.07) is 8.26. The lowest BCUT2D eigenvalue weighted by atomic mass is 10.0. The van der Waals surface area contributed by atoms with Gasteiger partial charge < -0.3 is 14.8 Å². The quantitative estimate of drug-likeness (QED) is 0.707. The fraction of sp³-hybridized carbons (Fsp3) is 0.600. The Morgan fingerprint density at radius 3 is 2.50 bits per heavy atom. The zero-order valence-electron chi connectivity index (χ0n) is 11.6. The third kappa shape index (κ3) is 4.72. The fourth-order valence-electron chi connectivity index (χ4n) is 2.26. The summed E-state index contributed by atoms with van der Waals surface area (Å²) in [5.41, 5.74) is 1.21. The molecule has 1 fully saturated rings. The van der Waals surface area contributed by atoms with Gasteiger partial charge >= 0.3 is 0 Å². The van der Waals surface area contributed by atoms with E-state index in [4.69, 9.17) is 9.47 Å². The van der Waals surface area contributed by atoms with E-state index in [-0.39, 0.29) is 6.04 Å². The van der Waals surface area contributed by atoms with E-state index in [1.807, 2.05) is 12.1 Å². The molecule has 0 heterocycles. The maximum Gasteiger partial charge on any atom is 0.261 e. The molecule has 0 amide bonds. The SMILES string of the molecule is COc1ccc(C(NCCOCC(F)F)C2CC2)cc1. The van der Waals surface area contributed by atoms with Crippen LogP contribution in [-0.2, 0) is 4.74 Å². The van der Waals surface area contributed by atoms with E-state index >= 15 is 0 Å². The van der Waals surface area contributed by atoms with Crippen LogP contribution in [0.15, 0.2) is 24.3 Å². The monoisotopic (exact) mass is 285 g/mol. The van der Waals surface area contributed by atoms with E-state index in [1.165, 1.54) is 18.4 Å². The molecule has 1 aliphatic carbocycles. The number of ether oxygens (including phenoxy) is 2. The molecule has 1 aromatic rings. The second kappa shape index (κ2) is 7.55. The topological polar surface area (TPSA) is 30.5 Å². The van der Waals surface area contributed by atoms with Crippen molar-refractivity contribution in [2.45, 2.75) is 25.3 Å². The smallest absolute Gasteiger partial charge is 0.261 e.